The molecule has 0 bridgehead atoms. The number of hydrogen-bond acceptors (Lipinski definition) is 4. The first-order chi connectivity index (χ1) is 12.2. The van der Waals surface area contributed by atoms with Crippen LogP contribution in [0, 0.1) is 6.92 Å². The topological polar surface area (TPSA) is 51.2 Å². The van der Waals surface area contributed by atoms with Gasteiger partial charge in [0.15, 0.2) is 0 Å². The molecule has 0 saturated heterocycles. The number of aryl methyl sites for hydroxylation is 1. The lowest BCUT2D eigenvalue weighted by atomic mass is 10.1. The van der Waals surface area contributed by atoms with Crippen molar-refractivity contribution < 1.29 is 9.53 Å². The van der Waals surface area contributed by atoms with E-state index >= 15 is 0 Å². The molecule has 25 heavy (non-hydrogen) atoms. The van der Waals surface area contributed by atoms with E-state index in [2.05, 4.69) is 35.4 Å². The maximum absolute atomic E-state index is 12.3. The van der Waals surface area contributed by atoms with Gasteiger partial charge in [0.25, 0.3) is 5.91 Å². The standard InChI is InChI=1S/C20H20N2O2S/c1-14-6-5-7-15(12-14)20-22-16(13-25-20)10-11-21-19(23)17-8-3-4-9-18(17)24-2/h3-9,12-13H,10-11H2,1-2H3,(H,21,23). The number of methoxy groups -OCH3 is 1. The van der Waals surface area contributed by atoms with Gasteiger partial charge in [-0.1, -0.05) is 35.9 Å². The van der Waals surface area contributed by atoms with Crippen LogP contribution in [-0.4, -0.2) is 24.5 Å². The number of nitrogens with zero attached hydrogens (tertiary/aromatic N) is 1. The number of rotatable bonds is 6. The summed E-state index contributed by atoms with van der Waals surface area (Å²) < 4.78 is 5.22. The second kappa shape index (κ2) is 7.94. The number of para-hydroxylation sites is 1. The van der Waals surface area contributed by atoms with Crippen molar-refractivity contribution in [3.05, 3.63) is 70.7 Å². The predicted octanol–water partition coefficient (Wildman–Crippen LogP) is 4.10. The smallest absolute Gasteiger partial charge is 0.255 e. The Labute approximate surface area is 151 Å². The van der Waals surface area contributed by atoms with Crippen LogP contribution in [0.1, 0.15) is 21.6 Å². The summed E-state index contributed by atoms with van der Waals surface area (Å²) in [6.07, 6.45) is 0.698. The Hall–Kier alpha value is -2.66. The maximum atomic E-state index is 12.3. The Morgan fingerprint density at radius 2 is 2.04 bits per heavy atom. The molecule has 0 saturated carbocycles. The predicted molar refractivity (Wildman–Crippen MR) is 101 cm³/mol. The van der Waals surface area contributed by atoms with Crippen molar-refractivity contribution in [2.24, 2.45) is 0 Å². The van der Waals surface area contributed by atoms with Gasteiger partial charge in [0.2, 0.25) is 0 Å². The first kappa shape index (κ1) is 17.2. The van der Waals surface area contributed by atoms with Gasteiger partial charge in [-0.15, -0.1) is 11.3 Å². The van der Waals surface area contributed by atoms with Crippen LogP contribution in [0.5, 0.6) is 5.75 Å². The van der Waals surface area contributed by atoms with E-state index in [4.69, 9.17) is 4.74 Å². The average Bonchev–Trinajstić information content (AvgIpc) is 3.10. The fourth-order valence-corrected chi connectivity index (χ4v) is 3.42. The van der Waals surface area contributed by atoms with E-state index in [0.29, 0.717) is 24.3 Å². The molecule has 1 aromatic heterocycles. The third-order valence-corrected chi connectivity index (χ3v) is 4.78. The molecule has 1 heterocycles. The summed E-state index contributed by atoms with van der Waals surface area (Å²) in [5.41, 5.74) is 3.89. The number of carbonyl (C=O) groups is 1. The van der Waals surface area contributed by atoms with E-state index in [1.807, 2.05) is 23.6 Å². The SMILES string of the molecule is COc1ccccc1C(=O)NCCc1csc(-c2cccc(C)c2)n1. The van der Waals surface area contributed by atoms with Crippen molar-refractivity contribution in [2.45, 2.75) is 13.3 Å². The van der Waals surface area contributed by atoms with Crippen molar-refractivity contribution >= 4 is 17.2 Å². The first-order valence-electron chi connectivity index (χ1n) is 8.10. The average molecular weight is 352 g/mol. The molecular weight excluding hydrogens is 332 g/mol. The minimum absolute atomic E-state index is 0.133. The summed E-state index contributed by atoms with van der Waals surface area (Å²) in [7, 11) is 1.56. The highest BCUT2D eigenvalue weighted by Gasteiger charge is 2.11. The van der Waals surface area contributed by atoms with Gasteiger partial charge in [0, 0.05) is 23.9 Å². The van der Waals surface area contributed by atoms with E-state index in [-0.39, 0.29) is 5.91 Å². The highest BCUT2D eigenvalue weighted by Crippen LogP contribution is 2.24. The Kier molecular flexibility index (Phi) is 5.46. The lowest BCUT2D eigenvalue weighted by Crippen LogP contribution is -2.26. The number of aromatic nitrogens is 1. The number of benzene rings is 2. The van der Waals surface area contributed by atoms with E-state index in [9.17, 15) is 4.79 Å². The zero-order valence-corrected chi connectivity index (χ0v) is 15.1. The summed E-state index contributed by atoms with van der Waals surface area (Å²) in [6.45, 7) is 2.61. The summed E-state index contributed by atoms with van der Waals surface area (Å²) in [6, 6.07) is 15.5. The summed E-state index contributed by atoms with van der Waals surface area (Å²) >= 11 is 1.63. The largest absolute Gasteiger partial charge is 0.496 e. The molecule has 0 aliphatic heterocycles. The van der Waals surface area contributed by atoms with Gasteiger partial charge in [0.05, 0.1) is 18.4 Å². The molecule has 3 aromatic rings. The molecule has 128 valence electrons. The number of hydrogen-bond donors (Lipinski definition) is 1. The summed E-state index contributed by atoms with van der Waals surface area (Å²) in [5, 5.41) is 5.98. The van der Waals surface area contributed by atoms with Crippen molar-refractivity contribution in [1.29, 1.82) is 0 Å². The molecular formula is C20H20N2O2S. The summed E-state index contributed by atoms with van der Waals surface area (Å²) in [4.78, 5) is 16.9. The van der Waals surface area contributed by atoms with Crippen LogP contribution < -0.4 is 10.1 Å². The number of carbonyl (C=O) groups excluding carboxylic acids is 1. The third-order valence-electron chi connectivity index (χ3n) is 3.84. The van der Waals surface area contributed by atoms with Crippen molar-refractivity contribution in [3.8, 4) is 16.3 Å². The van der Waals surface area contributed by atoms with Gasteiger partial charge >= 0.3 is 0 Å². The molecule has 0 unspecified atom stereocenters. The second-order valence-electron chi connectivity index (χ2n) is 5.72. The Morgan fingerprint density at radius 3 is 2.84 bits per heavy atom. The van der Waals surface area contributed by atoms with Crippen molar-refractivity contribution in [1.82, 2.24) is 10.3 Å². The van der Waals surface area contributed by atoms with Crippen LogP contribution in [0.15, 0.2) is 53.9 Å². The summed E-state index contributed by atoms with van der Waals surface area (Å²) in [5.74, 6) is 0.446. The number of amides is 1. The van der Waals surface area contributed by atoms with E-state index in [1.165, 1.54) is 5.56 Å². The zero-order valence-electron chi connectivity index (χ0n) is 14.3. The fourth-order valence-electron chi connectivity index (χ4n) is 2.56. The van der Waals surface area contributed by atoms with Crippen LogP contribution in [0.4, 0.5) is 0 Å². The van der Waals surface area contributed by atoms with Gasteiger partial charge < -0.3 is 10.1 Å². The quantitative estimate of drug-likeness (QED) is 0.727. The minimum atomic E-state index is -0.133. The van der Waals surface area contributed by atoms with Crippen LogP contribution in [0.3, 0.4) is 0 Å². The highest BCUT2D eigenvalue weighted by atomic mass is 32.1. The Bertz CT molecular complexity index is 873. The molecule has 0 aliphatic carbocycles. The molecule has 5 heteroatoms. The van der Waals surface area contributed by atoms with Crippen molar-refractivity contribution in [3.63, 3.8) is 0 Å². The first-order valence-corrected chi connectivity index (χ1v) is 8.98. The molecule has 3 rings (SSSR count). The molecule has 0 spiro atoms. The van der Waals surface area contributed by atoms with Gasteiger partial charge in [0.1, 0.15) is 10.8 Å². The minimum Gasteiger partial charge on any atom is -0.496 e. The lowest BCUT2D eigenvalue weighted by molar-refractivity contribution is 0.0951. The second-order valence-corrected chi connectivity index (χ2v) is 6.58. The van der Waals surface area contributed by atoms with Gasteiger partial charge in [-0.2, -0.15) is 0 Å². The molecule has 1 N–H and O–H groups in total. The number of nitrogens with one attached hydrogen (secondary N) is 1. The number of ether oxygens (including phenoxy) is 1. The lowest BCUT2D eigenvalue weighted by Gasteiger charge is -2.08. The number of thiazole rings is 1. The third kappa shape index (κ3) is 4.25. The van der Waals surface area contributed by atoms with Gasteiger partial charge in [-0.3, -0.25) is 4.79 Å². The monoisotopic (exact) mass is 352 g/mol. The van der Waals surface area contributed by atoms with Crippen LogP contribution in [0.25, 0.3) is 10.6 Å². The van der Waals surface area contributed by atoms with Crippen LogP contribution in [-0.2, 0) is 6.42 Å². The molecule has 0 atom stereocenters. The molecule has 0 aliphatic rings. The van der Waals surface area contributed by atoms with Gasteiger partial charge in [-0.25, -0.2) is 4.98 Å². The molecule has 0 radical (unpaired) electrons. The zero-order chi connectivity index (χ0) is 17.6. The van der Waals surface area contributed by atoms with Crippen LogP contribution in [0.2, 0.25) is 0 Å². The molecule has 0 fully saturated rings. The molecule has 2 aromatic carbocycles. The fraction of sp³-hybridized carbons (Fsp3) is 0.200. The normalized spacial score (nSPS) is 10.5. The van der Waals surface area contributed by atoms with E-state index in [1.54, 1.807) is 30.6 Å². The highest BCUT2D eigenvalue weighted by molar-refractivity contribution is 7.13. The van der Waals surface area contributed by atoms with Gasteiger partial charge in [-0.05, 0) is 25.1 Å². The molecule has 1 amide bonds. The Balaban J connectivity index is 1.59. The van der Waals surface area contributed by atoms with Crippen molar-refractivity contribution in [2.75, 3.05) is 13.7 Å². The van der Waals surface area contributed by atoms with Crippen LogP contribution >= 0.6 is 11.3 Å². The Morgan fingerprint density at radius 1 is 1.20 bits per heavy atom. The van der Waals surface area contributed by atoms with E-state index in [0.717, 1.165) is 16.3 Å². The molecule has 4 nitrogen and oxygen atoms in total. The van der Waals surface area contributed by atoms with E-state index < -0.39 is 0 Å². The maximum Gasteiger partial charge on any atom is 0.255 e.